The smallest absolute Gasteiger partial charge is 0.374 e. The highest BCUT2D eigenvalue weighted by Crippen LogP contribution is 2.47. The molecule has 226 valence electrons. The Kier molecular flexibility index (Phi) is 8.91. The highest BCUT2D eigenvalue weighted by Gasteiger charge is 2.29. The van der Waals surface area contributed by atoms with Gasteiger partial charge in [0, 0.05) is 16.3 Å². The molecule has 1 aliphatic heterocycles. The standard InChI is InChI=1S/C29H28ClN3O7S3/c1-3-19(16-28-33(18-26(34)31-42(2,35)36)23-17-21(30)10-12-25(23)41-28)15-27-32(13-6-14-43(37,38)39)29-22-8-5-4-7-20(22)9-11-24(29)40-27/h4-5,7-12,15-17H,3,6,13-14,18H2,1-2H3,(H-,31,34,37,38,39)/p+1. The summed E-state index contributed by atoms with van der Waals surface area (Å²) in [5.41, 5.74) is 2.94. The number of anilines is 1. The quantitative estimate of drug-likeness (QED) is 0.175. The number of allylic oxidation sites excluding steroid dienone is 2. The molecule has 14 heteroatoms. The molecule has 4 aromatic rings. The third-order valence-electron chi connectivity index (χ3n) is 6.72. The summed E-state index contributed by atoms with van der Waals surface area (Å²) in [5, 5.41) is 3.09. The Morgan fingerprint density at radius 2 is 1.91 bits per heavy atom. The van der Waals surface area contributed by atoms with Gasteiger partial charge in [0.15, 0.2) is 6.54 Å². The normalized spacial score (nSPS) is 15.0. The number of hydrogen-bond acceptors (Lipinski definition) is 8. The van der Waals surface area contributed by atoms with Crippen LogP contribution < -0.4 is 14.2 Å². The molecule has 0 aliphatic carbocycles. The number of oxazole rings is 1. The maximum absolute atomic E-state index is 12.6. The van der Waals surface area contributed by atoms with Gasteiger partial charge in [0.1, 0.15) is 6.54 Å². The van der Waals surface area contributed by atoms with Crippen LogP contribution in [0, 0.1) is 0 Å². The van der Waals surface area contributed by atoms with Gasteiger partial charge >= 0.3 is 5.89 Å². The zero-order valence-corrected chi connectivity index (χ0v) is 26.5. The number of sulfonamides is 1. The first-order chi connectivity index (χ1) is 20.3. The Morgan fingerprint density at radius 1 is 1.14 bits per heavy atom. The molecule has 10 nitrogen and oxygen atoms in total. The second kappa shape index (κ2) is 12.3. The van der Waals surface area contributed by atoms with Crippen molar-refractivity contribution in [2.45, 2.75) is 31.2 Å². The van der Waals surface area contributed by atoms with Crippen molar-refractivity contribution in [3.8, 4) is 0 Å². The zero-order chi connectivity index (χ0) is 30.9. The summed E-state index contributed by atoms with van der Waals surface area (Å²) in [6, 6.07) is 16.9. The third-order valence-corrected chi connectivity index (χ3v) is 9.47. The number of hydrogen-bond donors (Lipinski definition) is 2. The maximum Gasteiger partial charge on any atom is 0.374 e. The first kappa shape index (κ1) is 31.1. The number of carbonyl (C=O) groups excluding carboxylic acids is 1. The van der Waals surface area contributed by atoms with Crippen LogP contribution in [-0.2, 0) is 31.5 Å². The number of thioether (sulfide) groups is 1. The number of benzene rings is 3. The summed E-state index contributed by atoms with van der Waals surface area (Å²) in [5.74, 6) is -0.599. The van der Waals surface area contributed by atoms with E-state index in [1.54, 1.807) is 17.0 Å². The minimum atomic E-state index is -4.14. The molecule has 0 atom stereocenters. The molecule has 0 spiro atoms. The predicted molar refractivity (Wildman–Crippen MR) is 169 cm³/mol. The lowest BCUT2D eigenvalue weighted by molar-refractivity contribution is -0.677. The molecule has 0 radical (unpaired) electrons. The molecule has 1 aliphatic rings. The van der Waals surface area contributed by atoms with Crippen LogP contribution in [-0.4, -0.2) is 45.8 Å². The van der Waals surface area contributed by atoms with Crippen molar-refractivity contribution in [3.05, 3.63) is 82.2 Å². The Labute approximate surface area is 258 Å². The van der Waals surface area contributed by atoms with Gasteiger partial charge in [-0.1, -0.05) is 54.6 Å². The lowest BCUT2D eigenvalue weighted by Gasteiger charge is -2.20. The van der Waals surface area contributed by atoms with Crippen LogP contribution in [0.4, 0.5) is 5.69 Å². The minimum absolute atomic E-state index is 0.167. The molecule has 1 aromatic heterocycles. The number of rotatable bonds is 10. The molecule has 0 bridgehead atoms. The average Bonchev–Trinajstić information content (AvgIpc) is 3.43. The van der Waals surface area contributed by atoms with Gasteiger partial charge in [-0.05, 0) is 53.8 Å². The fourth-order valence-electron chi connectivity index (χ4n) is 4.90. The molecule has 0 fully saturated rings. The Bertz CT molecular complexity index is 2020. The highest BCUT2D eigenvalue weighted by molar-refractivity contribution is 8.03. The summed E-state index contributed by atoms with van der Waals surface area (Å²) >= 11 is 7.68. The van der Waals surface area contributed by atoms with Crippen molar-refractivity contribution >= 4 is 83.0 Å². The van der Waals surface area contributed by atoms with E-state index in [9.17, 15) is 26.2 Å². The van der Waals surface area contributed by atoms with E-state index in [0.29, 0.717) is 33.6 Å². The first-order valence-electron chi connectivity index (χ1n) is 13.3. The molecule has 0 saturated heterocycles. The largest absolute Gasteiger partial charge is 0.398 e. The van der Waals surface area contributed by atoms with Gasteiger partial charge in [0.2, 0.25) is 15.6 Å². The van der Waals surface area contributed by atoms with Gasteiger partial charge in [-0.2, -0.15) is 13.0 Å². The number of carbonyl (C=O) groups is 1. The van der Waals surface area contributed by atoms with Crippen molar-refractivity contribution < 1.29 is 35.2 Å². The van der Waals surface area contributed by atoms with Crippen molar-refractivity contribution in [3.63, 3.8) is 0 Å². The van der Waals surface area contributed by atoms with Crippen molar-refractivity contribution in [2.24, 2.45) is 0 Å². The van der Waals surface area contributed by atoms with Gasteiger partial charge in [-0.25, -0.2) is 8.42 Å². The summed E-state index contributed by atoms with van der Waals surface area (Å²) in [6.07, 6.45) is 5.43. The third kappa shape index (κ3) is 7.42. The monoisotopic (exact) mass is 662 g/mol. The van der Waals surface area contributed by atoms with Crippen LogP contribution in [0.2, 0.25) is 5.02 Å². The van der Waals surface area contributed by atoms with Crippen molar-refractivity contribution in [1.82, 2.24) is 4.72 Å². The fourth-order valence-corrected chi connectivity index (χ4v) is 7.16. The molecule has 2 heterocycles. The van der Waals surface area contributed by atoms with Gasteiger partial charge in [0.05, 0.1) is 34.2 Å². The molecule has 0 unspecified atom stereocenters. The molecule has 1 amide bonds. The lowest BCUT2D eigenvalue weighted by atomic mass is 10.1. The first-order valence-corrected chi connectivity index (χ1v) is 18.0. The fraction of sp³-hybridized carbons (Fsp3) is 0.241. The molecule has 3 aromatic carbocycles. The Hall–Kier alpha value is -3.36. The second-order valence-electron chi connectivity index (χ2n) is 10.0. The van der Waals surface area contributed by atoms with Crippen molar-refractivity contribution in [2.75, 3.05) is 23.5 Å². The number of amides is 1. The van der Waals surface area contributed by atoms with Crippen LogP contribution >= 0.6 is 23.4 Å². The number of halogens is 1. The van der Waals surface area contributed by atoms with Crippen molar-refractivity contribution in [1.29, 1.82) is 0 Å². The molecule has 5 rings (SSSR count). The van der Waals surface area contributed by atoms with E-state index in [1.807, 2.05) is 70.8 Å². The number of aromatic nitrogens is 1. The van der Waals surface area contributed by atoms with Crippen LogP contribution in [0.3, 0.4) is 0 Å². The van der Waals surface area contributed by atoms with Gasteiger partial charge in [0.25, 0.3) is 21.5 Å². The SMILES string of the molecule is CCC(=C/c1oc2ccc3ccccc3c2[n+]1CCCS(=O)(=O)O)/C=C1/Sc2ccc(Cl)cc2N1CC(=O)NS(C)(=O)=O. The Morgan fingerprint density at radius 3 is 2.63 bits per heavy atom. The van der Waals surface area contributed by atoms with Gasteiger partial charge in [-0.3, -0.25) is 14.1 Å². The summed E-state index contributed by atoms with van der Waals surface area (Å²) in [7, 11) is -7.89. The predicted octanol–water partition coefficient (Wildman–Crippen LogP) is 5.13. The summed E-state index contributed by atoms with van der Waals surface area (Å²) in [4.78, 5) is 15.2. The lowest BCUT2D eigenvalue weighted by Crippen LogP contribution is -2.38. The van der Waals surface area contributed by atoms with E-state index < -0.39 is 31.8 Å². The zero-order valence-electron chi connectivity index (χ0n) is 23.3. The maximum atomic E-state index is 12.6. The Balaban J connectivity index is 1.58. The van der Waals surface area contributed by atoms with Crippen LogP contribution in [0.1, 0.15) is 25.7 Å². The van der Waals surface area contributed by atoms with Gasteiger partial charge in [-0.15, -0.1) is 0 Å². The number of aryl methyl sites for hydroxylation is 1. The topological polar surface area (TPSA) is 138 Å². The van der Waals surface area contributed by atoms with E-state index in [0.717, 1.165) is 33.0 Å². The van der Waals surface area contributed by atoms with Crippen LogP contribution in [0.15, 0.2) is 80.6 Å². The molecule has 43 heavy (non-hydrogen) atoms. The van der Waals surface area contributed by atoms with Crippen LogP contribution in [0.5, 0.6) is 0 Å². The number of nitrogens with zero attached hydrogens (tertiary/aromatic N) is 2. The van der Waals surface area contributed by atoms with E-state index in [-0.39, 0.29) is 19.5 Å². The number of fused-ring (bicyclic) bond motifs is 4. The average molecular weight is 663 g/mol. The summed E-state index contributed by atoms with van der Waals surface area (Å²) in [6.45, 7) is 1.99. The molecule has 0 saturated carbocycles. The molecule has 2 N–H and O–H groups in total. The minimum Gasteiger partial charge on any atom is -0.398 e. The molecular formula is C29H29ClN3O7S3+. The second-order valence-corrected chi connectivity index (χ2v) is 14.8. The van der Waals surface area contributed by atoms with Crippen LogP contribution in [0.25, 0.3) is 27.9 Å². The van der Waals surface area contributed by atoms with Gasteiger partial charge < -0.3 is 9.32 Å². The van der Waals surface area contributed by atoms with E-state index in [1.165, 1.54) is 11.8 Å². The number of nitrogens with one attached hydrogen (secondary N) is 1. The summed E-state index contributed by atoms with van der Waals surface area (Å²) < 4.78 is 65.8. The molecular weight excluding hydrogens is 634 g/mol. The van der Waals surface area contributed by atoms with E-state index >= 15 is 0 Å². The van der Waals surface area contributed by atoms with E-state index in [2.05, 4.69) is 0 Å². The van der Waals surface area contributed by atoms with E-state index in [4.69, 9.17) is 16.0 Å². The highest BCUT2D eigenvalue weighted by atomic mass is 35.5.